The van der Waals surface area contributed by atoms with Crippen molar-refractivity contribution >= 4 is 29.4 Å². The standard InChI is InChI=1S/C22H28N4O2S/c1-22(2,3)28-21(27)26-13-14-10-16(26)11-17(14)18-12-19(25-20(24-18)29-4)23-15-8-6-5-7-9-15/h5-9,12,14,16-17H,10-11,13H2,1-4H3,(H,23,24,25)/t14-,16-,17?/m0/s1. The molecule has 1 amide bonds. The summed E-state index contributed by atoms with van der Waals surface area (Å²) in [6.45, 7) is 6.47. The van der Waals surface area contributed by atoms with Gasteiger partial charge in [-0.15, -0.1) is 0 Å². The fraction of sp³-hybridized carbons (Fsp3) is 0.500. The van der Waals surface area contributed by atoms with Crippen LogP contribution < -0.4 is 5.32 Å². The van der Waals surface area contributed by atoms with Crippen molar-refractivity contribution in [3.05, 3.63) is 42.1 Å². The molecule has 1 aromatic heterocycles. The first-order valence-electron chi connectivity index (χ1n) is 10.1. The van der Waals surface area contributed by atoms with Crippen LogP contribution in [0.5, 0.6) is 0 Å². The lowest BCUT2D eigenvalue weighted by atomic mass is 9.91. The number of amides is 1. The number of nitrogens with one attached hydrogen (secondary N) is 1. The number of benzene rings is 1. The Hall–Kier alpha value is -2.28. The maximum absolute atomic E-state index is 12.5. The first-order valence-corrected chi connectivity index (χ1v) is 11.3. The van der Waals surface area contributed by atoms with Crippen LogP contribution in [0.4, 0.5) is 16.3 Å². The van der Waals surface area contributed by atoms with E-state index in [1.807, 2.05) is 62.3 Å². The highest BCUT2D eigenvalue weighted by Crippen LogP contribution is 2.47. The lowest BCUT2D eigenvalue weighted by Crippen LogP contribution is -2.42. The van der Waals surface area contributed by atoms with Gasteiger partial charge in [0.15, 0.2) is 5.16 Å². The first kappa shape index (κ1) is 20.0. The van der Waals surface area contributed by atoms with Crippen LogP contribution in [0.15, 0.2) is 41.6 Å². The molecule has 1 N–H and O–H groups in total. The van der Waals surface area contributed by atoms with E-state index in [4.69, 9.17) is 9.72 Å². The van der Waals surface area contributed by atoms with Crippen molar-refractivity contribution in [2.24, 2.45) is 5.92 Å². The average Bonchev–Trinajstić information content (AvgIpc) is 3.28. The predicted octanol–water partition coefficient (Wildman–Crippen LogP) is 5.06. The van der Waals surface area contributed by atoms with Crippen LogP contribution in [0.1, 0.15) is 45.2 Å². The number of para-hydroxylation sites is 1. The number of hydrogen-bond acceptors (Lipinski definition) is 6. The van der Waals surface area contributed by atoms with Crippen molar-refractivity contribution in [3.8, 4) is 0 Å². The van der Waals surface area contributed by atoms with Crippen LogP contribution in [-0.2, 0) is 4.74 Å². The van der Waals surface area contributed by atoms with Crippen molar-refractivity contribution in [3.63, 3.8) is 0 Å². The highest BCUT2D eigenvalue weighted by Gasteiger charge is 2.48. The topological polar surface area (TPSA) is 67.4 Å². The summed E-state index contributed by atoms with van der Waals surface area (Å²) in [5.74, 6) is 1.59. The smallest absolute Gasteiger partial charge is 0.410 e. The number of piperidine rings is 1. The number of anilines is 2. The minimum Gasteiger partial charge on any atom is -0.444 e. The number of carbonyl (C=O) groups is 1. The van der Waals surface area contributed by atoms with Crippen LogP contribution >= 0.6 is 11.8 Å². The van der Waals surface area contributed by atoms with Crippen LogP contribution in [0.2, 0.25) is 0 Å². The van der Waals surface area contributed by atoms with Crippen LogP contribution in [0.25, 0.3) is 0 Å². The van der Waals surface area contributed by atoms with Gasteiger partial charge in [0.1, 0.15) is 11.4 Å². The number of rotatable bonds is 4. The zero-order valence-corrected chi connectivity index (χ0v) is 18.2. The highest BCUT2D eigenvalue weighted by atomic mass is 32.2. The molecule has 0 spiro atoms. The van der Waals surface area contributed by atoms with Crippen molar-refractivity contribution in [2.75, 3.05) is 18.1 Å². The first-order chi connectivity index (χ1) is 13.8. The molecule has 1 aliphatic heterocycles. The monoisotopic (exact) mass is 412 g/mol. The molecule has 2 fully saturated rings. The van der Waals surface area contributed by atoms with E-state index >= 15 is 0 Å². The molecule has 7 heteroatoms. The van der Waals surface area contributed by atoms with Crippen molar-refractivity contribution in [2.45, 2.75) is 56.3 Å². The van der Waals surface area contributed by atoms with Gasteiger partial charge in [0.2, 0.25) is 0 Å². The van der Waals surface area contributed by atoms with Crippen LogP contribution in [-0.4, -0.2) is 45.4 Å². The minimum absolute atomic E-state index is 0.192. The second kappa shape index (κ2) is 7.86. The third-order valence-electron chi connectivity index (χ3n) is 5.50. The number of hydrogen-bond donors (Lipinski definition) is 1. The van der Waals surface area contributed by atoms with Crippen LogP contribution in [0.3, 0.4) is 0 Å². The van der Waals surface area contributed by atoms with E-state index < -0.39 is 5.60 Å². The van der Waals surface area contributed by atoms with Crippen LogP contribution in [0, 0.1) is 5.92 Å². The van der Waals surface area contributed by atoms with E-state index in [1.54, 1.807) is 11.8 Å². The molecule has 1 aliphatic carbocycles. The lowest BCUT2D eigenvalue weighted by molar-refractivity contribution is 0.0180. The van der Waals surface area contributed by atoms with Gasteiger partial charge in [0.25, 0.3) is 0 Å². The van der Waals surface area contributed by atoms with E-state index in [0.29, 0.717) is 11.8 Å². The number of nitrogens with zero attached hydrogens (tertiary/aromatic N) is 3. The lowest BCUT2D eigenvalue weighted by Gasteiger charge is -2.33. The Labute approximate surface area is 176 Å². The summed E-state index contributed by atoms with van der Waals surface area (Å²) in [7, 11) is 0. The predicted molar refractivity (Wildman–Crippen MR) is 116 cm³/mol. The number of aromatic nitrogens is 2. The molecule has 2 heterocycles. The Balaban J connectivity index is 1.50. The van der Waals surface area contributed by atoms with Gasteiger partial charge in [-0.2, -0.15) is 0 Å². The summed E-state index contributed by atoms with van der Waals surface area (Å²) >= 11 is 1.55. The van der Waals surface area contributed by atoms with Gasteiger partial charge in [0, 0.05) is 30.3 Å². The summed E-state index contributed by atoms with van der Waals surface area (Å²) in [6.07, 6.45) is 3.75. The van der Waals surface area contributed by atoms with Gasteiger partial charge in [0.05, 0.1) is 5.69 Å². The molecular weight excluding hydrogens is 384 g/mol. The third-order valence-corrected chi connectivity index (χ3v) is 6.05. The molecule has 4 rings (SSSR count). The van der Waals surface area contributed by atoms with Gasteiger partial charge >= 0.3 is 6.09 Å². The molecule has 1 aromatic carbocycles. The average molecular weight is 413 g/mol. The van der Waals surface area contributed by atoms with Gasteiger partial charge in [-0.05, 0) is 57.9 Å². The molecule has 2 aliphatic rings. The quantitative estimate of drug-likeness (QED) is 0.560. The number of likely N-dealkylation sites (tertiary alicyclic amines) is 1. The Morgan fingerprint density at radius 2 is 1.97 bits per heavy atom. The van der Waals surface area contributed by atoms with Gasteiger partial charge in [-0.3, -0.25) is 0 Å². The number of fused-ring (bicyclic) bond motifs is 2. The normalized spacial score (nSPS) is 23.3. The fourth-order valence-corrected chi connectivity index (χ4v) is 4.70. The fourth-order valence-electron chi connectivity index (χ4n) is 4.32. The van der Waals surface area contributed by atoms with Gasteiger partial charge < -0.3 is 15.0 Å². The molecular formula is C22H28N4O2S. The maximum atomic E-state index is 12.5. The molecule has 3 atom stereocenters. The van der Waals surface area contributed by atoms with E-state index in [-0.39, 0.29) is 12.1 Å². The van der Waals surface area contributed by atoms with E-state index in [2.05, 4.69) is 16.4 Å². The number of ether oxygens (including phenoxy) is 1. The van der Waals surface area contributed by atoms with Crippen molar-refractivity contribution < 1.29 is 9.53 Å². The molecule has 2 bridgehead atoms. The van der Waals surface area contributed by atoms with E-state index in [1.165, 1.54) is 0 Å². The Morgan fingerprint density at radius 1 is 1.21 bits per heavy atom. The number of thioether (sulfide) groups is 1. The maximum Gasteiger partial charge on any atom is 0.410 e. The Kier molecular flexibility index (Phi) is 5.42. The molecule has 1 saturated carbocycles. The Bertz CT molecular complexity index is 884. The summed E-state index contributed by atoms with van der Waals surface area (Å²) in [4.78, 5) is 23.8. The highest BCUT2D eigenvalue weighted by molar-refractivity contribution is 7.98. The largest absolute Gasteiger partial charge is 0.444 e. The SMILES string of the molecule is CSc1nc(Nc2ccccc2)cc(C2C[C@@H]3C[C@H]2CN3C(=O)OC(C)(C)C)n1. The molecule has 2 aromatic rings. The van der Waals surface area contributed by atoms with Gasteiger partial charge in [-0.25, -0.2) is 14.8 Å². The summed E-state index contributed by atoms with van der Waals surface area (Å²) in [5, 5.41) is 4.16. The van der Waals surface area contributed by atoms with Crippen molar-refractivity contribution in [1.29, 1.82) is 0 Å². The molecule has 1 unspecified atom stereocenters. The molecule has 1 saturated heterocycles. The Morgan fingerprint density at radius 3 is 2.59 bits per heavy atom. The zero-order chi connectivity index (χ0) is 20.6. The van der Waals surface area contributed by atoms with E-state index in [0.717, 1.165) is 41.7 Å². The van der Waals surface area contributed by atoms with E-state index in [9.17, 15) is 4.79 Å². The van der Waals surface area contributed by atoms with Gasteiger partial charge in [-0.1, -0.05) is 30.0 Å². The number of carbonyl (C=O) groups excluding carboxylic acids is 1. The molecule has 0 radical (unpaired) electrons. The second-order valence-electron chi connectivity index (χ2n) is 8.78. The minimum atomic E-state index is -0.462. The summed E-state index contributed by atoms with van der Waals surface area (Å²) < 4.78 is 5.59. The second-order valence-corrected chi connectivity index (χ2v) is 9.55. The molecule has 154 valence electrons. The summed E-state index contributed by atoms with van der Waals surface area (Å²) in [5.41, 5.74) is 1.61. The van der Waals surface area contributed by atoms with Crippen molar-refractivity contribution in [1.82, 2.24) is 14.9 Å². The zero-order valence-electron chi connectivity index (χ0n) is 17.4. The summed E-state index contributed by atoms with van der Waals surface area (Å²) in [6, 6.07) is 12.3. The third kappa shape index (κ3) is 4.50. The molecule has 29 heavy (non-hydrogen) atoms. The molecule has 6 nitrogen and oxygen atoms in total.